The first kappa shape index (κ1) is 15.4. The lowest BCUT2D eigenvalue weighted by Gasteiger charge is -2.28. The van der Waals surface area contributed by atoms with Crippen LogP contribution in [-0.4, -0.2) is 34.7 Å². The van der Waals surface area contributed by atoms with Crippen molar-refractivity contribution in [3.63, 3.8) is 0 Å². The minimum atomic E-state index is -0.968. The summed E-state index contributed by atoms with van der Waals surface area (Å²) in [4.78, 5) is 13.5. The third-order valence-corrected chi connectivity index (χ3v) is 2.76. The van der Waals surface area contributed by atoms with Gasteiger partial charge in [-0.25, -0.2) is 9.18 Å². The Morgan fingerprint density at radius 2 is 2.11 bits per heavy atom. The van der Waals surface area contributed by atoms with Crippen molar-refractivity contribution in [3.8, 4) is 0 Å². The molecular formula is C14H21FN2O2. The normalized spacial score (nSPS) is 11.3. The zero-order chi connectivity index (χ0) is 14.6. The van der Waals surface area contributed by atoms with Gasteiger partial charge in [0, 0.05) is 17.8 Å². The largest absolute Gasteiger partial charge is 0.389 e. The van der Waals surface area contributed by atoms with E-state index in [1.165, 1.54) is 11.0 Å². The Balaban J connectivity index is 2.80. The zero-order valence-corrected chi connectivity index (χ0v) is 11.8. The topological polar surface area (TPSA) is 52.6 Å². The molecule has 1 aromatic rings. The first-order valence-corrected chi connectivity index (χ1v) is 6.28. The number of carbonyl (C=O) groups is 1. The fourth-order valence-corrected chi connectivity index (χ4v) is 1.73. The Morgan fingerprint density at radius 1 is 1.47 bits per heavy atom. The molecule has 0 saturated carbocycles. The van der Waals surface area contributed by atoms with Gasteiger partial charge in [0.05, 0.1) is 12.1 Å². The van der Waals surface area contributed by atoms with Crippen molar-refractivity contribution in [1.82, 2.24) is 4.90 Å². The standard InChI is InChI=1S/C14H21FN2O2/c1-5-17(9-14(3,4)19)13(18)16-12-8-6-7-11(15)10(12)2/h6-8,19H,5,9H2,1-4H3,(H,16,18). The van der Waals surface area contributed by atoms with Gasteiger partial charge in [-0.1, -0.05) is 6.07 Å². The summed E-state index contributed by atoms with van der Waals surface area (Å²) in [5.41, 5.74) is -0.126. The summed E-state index contributed by atoms with van der Waals surface area (Å²) < 4.78 is 13.4. The SMILES string of the molecule is CCN(CC(C)(C)O)C(=O)Nc1cccc(F)c1C. The molecule has 0 fully saturated rings. The van der Waals surface area contributed by atoms with Crippen molar-refractivity contribution in [1.29, 1.82) is 0 Å². The predicted octanol–water partition coefficient (Wildman–Crippen LogP) is 2.76. The van der Waals surface area contributed by atoms with Gasteiger partial charge in [-0.2, -0.15) is 0 Å². The van der Waals surface area contributed by atoms with Crippen LogP contribution < -0.4 is 5.32 Å². The van der Waals surface area contributed by atoms with E-state index in [-0.39, 0.29) is 18.4 Å². The number of hydrogen-bond donors (Lipinski definition) is 2. The average molecular weight is 268 g/mol. The van der Waals surface area contributed by atoms with Crippen LogP contribution in [0.4, 0.5) is 14.9 Å². The Labute approximate surface area is 113 Å². The molecule has 0 aromatic heterocycles. The molecule has 0 aliphatic carbocycles. The van der Waals surface area contributed by atoms with Gasteiger partial charge in [0.1, 0.15) is 5.82 Å². The van der Waals surface area contributed by atoms with E-state index in [9.17, 15) is 14.3 Å². The predicted molar refractivity (Wildman–Crippen MR) is 73.7 cm³/mol. The second-order valence-corrected chi connectivity index (χ2v) is 5.17. The lowest BCUT2D eigenvalue weighted by atomic mass is 10.1. The summed E-state index contributed by atoms with van der Waals surface area (Å²) in [6, 6.07) is 4.19. The first-order valence-electron chi connectivity index (χ1n) is 6.28. The van der Waals surface area contributed by atoms with Gasteiger partial charge in [-0.3, -0.25) is 0 Å². The maximum Gasteiger partial charge on any atom is 0.321 e. The number of nitrogens with zero attached hydrogens (tertiary/aromatic N) is 1. The van der Waals surface area contributed by atoms with Crippen LogP contribution in [0.3, 0.4) is 0 Å². The summed E-state index contributed by atoms with van der Waals surface area (Å²) in [6.07, 6.45) is 0. The molecule has 0 aliphatic rings. The third kappa shape index (κ3) is 4.52. The van der Waals surface area contributed by atoms with Crippen LogP contribution in [0, 0.1) is 12.7 Å². The van der Waals surface area contributed by atoms with Crippen molar-refractivity contribution in [3.05, 3.63) is 29.6 Å². The second-order valence-electron chi connectivity index (χ2n) is 5.17. The second kappa shape index (κ2) is 6.02. The number of aliphatic hydroxyl groups is 1. The highest BCUT2D eigenvalue weighted by Gasteiger charge is 2.21. The van der Waals surface area contributed by atoms with E-state index in [1.807, 2.05) is 6.92 Å². The van der Waals surface area contributed by atoms with E-state index in [4.69, 9.17) is 0 Å². The molecule has 19 heavy (non-hydrogen) atoms. The average Bonchev–Trinajstić information content (AvgIpc) is 2.30. The van der Waals surface area contributed by atoms with Gasteiger partial charge in [-0.05, 0) is 39.8 Å². The lowest BCUT2D eigenvalue weighted by molar-refractivity contribution is 0.0501. The monoisotopic (exact) mass is 268 g/mol. The zero-order valence-electron chi connectivity index (χ0n) is 11.8. The van der Waals surface area contributed by atoms with Crippen LogP contribution in [-0.2, 0) is 0 Å². The molecule has 0 radical (unpaired) electrons. The molecular weight excluding hydrogens is 247 g/mol. The van der Waals surface area contributed by atoms with E-state index >= 15 is 0 Å². The highest BCUT2D eigenvalue weighted by molar-refractivity contribution is 5.90. The molecule has 0 unspecified atom stereocenters. The van der Waals surface area contributed by atoms with E-state index in [0.717, 1.165) is 0 Å². The number of nitrogens with one attached hydrogen (secondary N) is 1. The Hall–Kier alpha value is -1.62. The number of anilines is 1. The molecule has 1 aromatic carbocycles. The molecule has 0 aliphatic heterocycles. The lowest BCUT2D eigenvalue weighted by Crippen LogP contribution is -2.44. The maximum absolute atomic E-state index is 13.4. The molecule has 5 heteroatoms. The molecule has 2 amide bonds. The van der Waals surface area contributed by atoms with E-state index in [1.54, 1.807) is 32.9 Å². The molecule has 1 rings (SSSR count). The highest BCUT2D eigenvalue weighted by atomic mass is 19.1. The summed E-state index contributed by atoms with van der Waals surface area (Å²) in [6.45, 7) is 7.38. The van der Waals surface area contributed by atoms with Gasteiger partial charge >= 0.3 is 6.03 Å². The number of likely N-dealkylation sites (N-methyl/N-ethyl adjacent to an activating group) is 1. The molecule has 0 saturated heterocycles. The molecule has 0 spiro atoms. The molecule has 2 N–H and O–H groups in total. The van der Waals surface area contributed by atoms with Crippen molar-refractivity contribution in [2.24, 2.45) is 0 Å². The van der Waals surface area contributed by atoms with Gasteiger partial charge in [0.15, 0.2) is 0 Å². The summed E-state index contributed by atoms with van der Waals surface area (Å²) in [5, 5.41) is 12.4. The van der Waals surface area contributed by atoms with Crippen molar-refractivity contribution < 1.29 is 14.3 Å². The number of carbonyl (C=O) groups excluding carboxylic acids is 1. The third-order valence-electron chi connectivity index (χ3n) is 2.76. The fraction of sp³-hybridized carbons (Fsp3) is 0.500. The van der Waals surface area contributed by atoms with Gasteiger partial charge < -0.3 is 15.3 Å². The minimum Gasteiger partial charge on any atom is -0.389 e. The van der Waals surface area contributed by atoms with Crippen LogP contribution in [0.2, 0.25) is 0 Å². The van der Waals surface area contributed by atoms with Crippen molar-refractivity contribution >= 4 is 11.7 Å². The number of halogens is 1. The molecule has 4 nitrogen and oxygen atoms in total. The van der Waals surface area contributed by atoms with Crippen LogP contribution in [0.5, 0.6) is 0 Å². The number of urea groups is 1. The highest BCUT2D eigenvalue weighted by Crippen LogP contribution is 2.18. The number of amides is 2. The maximum atomic E-state index is 13.4. The van der Waals surface area contributed by atoms with Crippen LogP contribution in [0.25, 0.3) is 0 Å². The number of benzene rings is 1. The quantitative estimate of drug-likeness (QED) is 0.882. The molecule has 0 bridgehead atoms. The van der Waals surface area contributed by atoms with Gasteiger partial charge in [0.25, 0.3) is 0 Å². The van der Waals surface area contributed by atoms with E-state index in [0.29, 0.717) is 17.8 Å². The van der Waals surface area contributed by atoms with Crippen molar-refractivity contribution in [2.75, 3.05) is 18.4 Å². The Morgan fingerprint density at radius 3 is 2.63 bits per heavy atom. The summed E-state index contributed by atoms with van der Waals surface area (Å²) in [5.74, 6) is -0.358. The van der Waals surface area contributed by atoms with Gasteiger partial charge in [-0.15, -0.1) is 0 Å². The Bertz CT molecular complexity index is 455. The van der Waals surface area contributed by atoms with Crippen LogP contribution in [0.1, 0.15) is 26.3 Å². The first-order chi connectivity index (χ1) is 8.74. The fourth-order valence-electron chi connectivity index (χ4n) is 1.73. The minimum absolute atomic E-state index is 0.212. The smallest absolute Gasteiger partial charge is 0.321 e. The number of hydrogen-bond acceptors (Lipinski definition) is 2. The van der Waals surface area contributed by atoms with Crippen LogP contribution >= 0.6 is 0 Å². The molecule has 0 heterocycles. The summed E-state index contributed by atoms with van der Waals surface area (Å²) >= 11 is 0. The Kier molecular flexibility index (Phi) is 4.89. The van der Waals surface area contributed by atoms with Crippen LogP contribution in [0.15, 0.2) is 18.2 Å². The van der Waals surface area contributed by atoms with Gasteiger partial charge in [0.2, 0.25) is 0 Å². The summed E-state index contributed by atoms with van der Waals surface area (Å²) in [7, 11) is 0. The van der Waals surface area contributed by atoms with Crippen molar-refractivity contribution in [2.45, 2.75) is 33.3 Å². The molecule has 106 valence electrons. The van der Waals surface area contributed by atoms with E-state index in [2.05, 4.69) is 5.32 Å². The number of rotatable bonds is 4. The van der Waals surface area contributed by atoms with E-state index < -0.39 is 5.60 Å². The molecule has 0 atom stereocenters.